The number of rotatable bonds is 2. The second-order valence-corrected chi connectivity index (χ2v) is 6.44. The molecule has 2 aliphatic rings. The predicted octanol–water partition coefficient (Wildman–Crippen LogP) is 1.87. The number of halogens is 3. The molecule has 25 heavy (non-hydrogen) atoms. The van der Waals surface area contributed by atoms with E-state index in [-0.39, 0.29) is 5.91 Å². The normalized spacial score (nSPS) is 19.8. The number of anilines is 1. The van der Waals surface area contributed by atoms with Crippen molar-refractivity contribution in [3.63, 3.8) is 0 Å². The Hall–Kier alpha value is -2.35. The number of fused-ring (bicyclic) bond motifs is 1. The lowest BCUT2D eigenvalue weighted by atomic mass is 10.0. The molecule has 1 amide bonds. The summed E-state index contributed by atoms with van der Waals surface area (Å²) >= 11 is 0. The number of hydrogen-bond donors (Lipinski definition) is 1. The van der Waals surface area contributed by atoms with Gasteiger partial charge in [-0.05, 0) is 18.2 Å². The molecule has 3 heterocycles. The Morgan fingerprint density at radius 1 is 1.20 bits per heavy atom. The summed E-state index contributed by atoms with van der Waals surface area (Å²) in [6.45, 7) is 3.41. The zero-order valence-electron chi connectivity index (χ0n) is 13.4. The summed E-state index contributed by atoms with van der Waals surface area (Å²) in [4.78, 5) is 19.8. The Labute approximate surface area is 142 Å². The Morgan fingerprint density at radius 2 is 2.00 bits per heavy atom. The average Bonchev–Trinajstić information content (AvgIpc) is 2.52. The van der Waals surface area contributed by atoms with E-state index in [9.17, 15) is 18.0 Å². The van der Waals surface area contributed by atoms with Crippen molar-refractivity contribution in [2.24, 2.45) is 0 Å². The van der Waals surface area contributed by atoms with Gasteiger partial charge in [-0.25, -0.2) is 0 Å². The van der Waals surface area contributed by atoms with Crippen LogP contribution in [0.5, 0.6) is 0 Å². The summed E-state index contributed by atoms with van der Waals surface area (Å²) < 4.78 is 38.6. The Morgan fingerprint density at radius 3 is 2.72 bits per heavy atom. The van der Waals surface area contributed by atoms with Gasteiger partial charge in [-0.1, -0.05) is 6.07 Å². The maximum Gasteiger partial charge on any atom is 0.416 e. The second-order valence-electron chi connectivity index (χ2n) is 6.44. The maximum absolute atomic E-state index is 12.9. The van der Waals surface area contributed by atoms with Crippen LogP contribution in [-0.2, 0) is 11.0 Å². The summed E-state index contributed by atoms with van der Waals surface area (Å²) in [7, 11) is 0. The third kappa shape index (κ3) is 3.02. The minimum absolute atomic E-state index is 0.0405. The number of alkyl halides is 3. The van der Waals surface area contributed by atoms with Gasteiger partial charge in [0.1, 0.15) is 0 Å². The molecule has 0 aliphatic carbocycles. The molecule has 132 valence electrons. The van der Waals surface area contributed by atoms with Crippen LogP contribution < -0.4 is 10.2 Å². The Kier molecular flexibility index (Phi) is 3.79. The first-order valence-electron chi connectivity index (χ1n) is 8.13. The lowest BCUT2D eigenvalue weighted by Gasteiger charge is -2.47. The van der Waals surface area contributed by atoms with Crippen molar-refractivity contribution in [3.05, 3.63) is 36.0 Å². The fourth-order valence-corrected chi connectivity index (χ4v) is 3.44. The van der Waals surface area contributed by atoms with Crippen LogP contribution in [0.3, 0.4) is 0 Å². The van der Waals surface area contributed by atoms with Crippen LogP contribution in [0.4, 0.5) is 18.9 Å². The van der Waals surface area contributed by atoms with E-state index in [1.165, 1.54) is 6.07 Å². The van der Waals surface area contributed by atoms with E-state index < -0.39 is 11.7 Å². The molecule has 0 saturated carbocycles. The van der Waals surface area contributed by atoms with E-state index in [2.05, 4.69) is 20.1 Å². The number of pyridine rings is 1. The molecule has 2 fully saturated rings. The summed E-state index contributed by atoms with van der Waals surface area (Å²) in [6.07, 6.45) is -2.83. The number of nitrogens with one attached hydrogen (secondary N) is 1. The maximum atomic E-state index is 12.9. The zero-order valence-corrected chi connectivity index (χ0v) is 13.4. The van der Waals surface area contributed by atoms with Crippen molar-refractivity contribution < 1.29 is 18.0 Å². The van der Waals surface area contributed by atoms with Crippen LogP contribution in [0.25, 0.3) is 10.9 Å². The second kappa shape index (κ2) is 5.87. The molecular formula is C17H17F3N4O. The van der Waals surface area contributed by atoms with E-state index in [0.29, 0.717) is 30.0 Å². The van der Waals surface area contributed by atoms with Crippen LogP contribution in [-0.4, -0.2) is 54.6 Å². The first-order valence-corrected chi connectivity index (χ1v) is 8.13. The molecule has 2 aliphatic heterocycles. The van der Waals surface area contributed by atoms with Gasteiger partial charge in [0.2, 0.25) is 5.91 Å². The van der Waals surface area contributed by atoms with Crippen LogP contribution in [0.1, 0.15) is 5.56 Å². The van der Waals surface area contributed by atoms with Crippen molar-refractivity contribution in [2.45, 2.75) is 12.2 Å². The third-order valence-corrected chi connectivity index (χ3v) is 4.83. The number of nitrogens with zero attached hydrogens (tertiary/aromatic N) is 3. The van der Waals surface area contributed by atoms with Crippen molar-refractivity contribution >= 4 is 22.5 Å². The van der Waals surface area contributed by atoms with E-state index >= 15 is 0 Å². The highest BCUT2D eigenvalue weighted by Crippen LogP contribution is 2.35. The van der Waals surface area contributed by atoms with Crippen LogP contribution in [0.15, 0.2) is 30.5 Å². The molecule has 8 heteroatoms. The fraction of sp³-hybridized carbons (Fsp3) is 0.412. The molecule has 5 nitrogen and oxygen atoms in total. The number of amides is 1. The monoisotopic (exact) mass is 350 g/mol. The van der Waals surface area contributed by atoms with E-state index in [1.807, 2.05) is 6.07 Å². The van der Waals surface area contributed by atoms with E-state index in [4.69, 9.17) is 0 Å². The molecule has 2 saturated heterocycles. The fourth-order valence-electron chi connectivity index (χ4n) is 3.44. The van der Waals surface area contributed by atoms with Gasteiger partial charge in [-0.2, -0.15) is 13.2 Å². The smallest absolute Gasteiger partial charge is 0.368 e. The summed E-state index contributed by atoms with van der Waals surface area (Å²) in [5, 5.41) is 3.52. The van der Waals surface area contributed by atoms with E-state index in [1.54, 1.807) is 6.20 Å². The van der Waals surface area contributed by atoms with Gasteiger partial charge >= 0.3 is 6.18 Å². The van der Waals surface area contributed by atoms with Crippen LogP contribution in [0.2, 0.25) is 0 Å². The molecule has 0 unspecified atom stereocenters. The first kappa shape index (κ1) is 16.1. The summed E-state index contributed by atoms with van der Waals surface area (Å²) in [5.74, 6) is 0.0405. The van der Waals surface area contributed by atoms with Gasteiger partial charge in [-0.3, -0.25) is 14.7 Å². The van der Waals surface area contributed by atoms with Crippen molar-refractivity contribution in [2.75, 3.05) is 37.6 Å². The molecule has 0 spiro atoms. The number of carbonyl (C=O) groups is 1. The molecule has 0 radical (unpaired) electrons. The van der Waals surface area contributed by atoms with Crippen LogP contribution in [0, 0.1) is 0 Å². The topological polar surface area (TPSA) is 48.5 Å². The standard InChI is InChI=1S/C17H17F3N4O/c18-17(19,20)11-1-2-13-14(7-11)21-4-3-15(13)24-8-12(9-24)23-6-5-22-16(25)10-23/h1-4,7,12H,5-6,8-10H2,(H,22,25). The lowest BCUT2D eigenvalue weighted by molar-refractivity contribution is -0.137. The molecule has 2 aromatic rings. The molecule has 1 aromatic carbocycles. The number of benzene rings is 1. The van der Waals surface area contributed by atoms with Gasteiger partial charge < -0.3 is 10.2 Å². The number of carbonyl (C=O) groups excluding carboxylic acids is 1. The predicted molar refractivity (Wildman–Crippen MR) is 87.3 cm³/mol. The van der Waals surface area contributed by atoms with Crippen molar-refractivity contribution in [3.8, 4) is 0 Å². The molecule has 4 rings (SSSR count). The van der Waals surface area contributed by atoms with Gasteiger partial charge in [0.15, 0.2) is 0 Å². The molecule has 0 atom stereocenters. The van der Waals surface area contributed by atoms with E-state index in [0.717, 1.165) is 37.5 Å². The molecule has 0 bridgehead atoms. The summed E-state index contributed by atoms with van der Waals surface area (Å²) in [6, 6.07) is 5.80. The van der Waals surface area contributed by atoms with Gasteiger partial charge in [0, 0.05) is 49.5 Å². The number of aromatic nitrogens is 1. The third-order valence-electron chi connectivity index (χ3n) is 4.83. The Balaban J connectivity index is 1.54. The van der Waals surface area contributed by atoms with Crippen LogP contribution >= 0.6 is 0 Å². The zero-order chi connectivity index (χ0) is 17.6. The molecular weight excluding hydrogens is 333 g/mol. The molecule has 1 aromatic heterocycles. The van der Waals surface area contributed by atoms with Gasteiger partial charge in [0.25, 0.3) is 0 Å². The number of hydrogen-bond acceptors (Lipinski definition) is 4. The first-order chi connectivity index (χ1) is 11.9. The highest BCUT2D eigenvalue weighted by molar-refractivity contribution is 5.92. The average molecular weight is 350 g/mol. The van der Waals surface area contributed by atoms with Gasteiger partial charge in [-0.15, -0.1) is 0 Å². The lowest BCUT2D eigenvalue weighted by Crippen LogP contribution is -2.63. The minimum atomic E-state index is -4.37. The SMILES string of the molecule is O=C1CN(C2CN(c3ccnc4cc(C(F)(F)F)ccc34)C2)CCN1. The number of piperazine rings is 1. The van der Waals surface area contributed by atoms with Crippen molar-refractivity contribution in [1.82, 2.24) is 15.2 Å². The Bertz CT molecular complexity index is 817. The van der Waals surface area contributed by atoms with Crippen molar-refractivity contribution in [1.29, 1.82) is 0 Å². The highest BCUT2D eigenvalue weighted by Gasteiger charge is 2.35. The highest BCUT2D eigenvalue weighted by atomic mass is 19.4. The quantitative estimate of drug-likeness (QED) is 0.899. The summed E-state index contributed by atoms with van der Waals surface area (Å²) in [5.41, 5.74) is 0.537. The van der Waals surface area contributed by atoms with Gasteiger partial charge in [0.05, 0.1) is 17.6 Å². The minimum Gasteiger partial charge on any atom is -0.368 e. The largest absolute Gasteiger partial charge is 0.416 e. The molecule has 1 N–H and O–H groups in total.